The van der Waals surface area contributed by atoms with Crippen LogP contribution in [0, 0.1) is 6.92 Å². The third-order valence-corrected chi connectivity index (χ3v) is 1.83. The molecule has 0 aromatic carbocycles. The molecule has 0 amide bonds. The van der Waals surface area contributed by atoms with E-state index in [1.165, 1.54) is 0 Å². The minimum atomic E-state index is 0.0376. The van der Waals surface area contributed by atoms with Gasteiger partial charge in [-0.3, -0.25) is 4.79 Å². The SMILES string of the molecule is CNCC(=O)c1ncn(C)c1C. The van der Waals surface area contributed by atoms with Crippen LogP contribution in [0.1, 0.15) is 16.2 Å². The molecular weight excluding hydrogens is 154 g/mol. The molecule has 0 atom stereocenters. The molecule has 1 aromatic heterocycles. The van der Waals surface area contributed by atoms with Gasteiger partial charge in [0.2, 0.25) is 0 Å². The average molecular weight is 167 g/mol. The first kappa shape index (κ1) is 8.93. The van der Waals surface area contributed by atoms with E-state index in [-0.39, 0.29) is 5.78 Å². The van der Waals surface area contributed by atoms with Gasteiger partial charge in [0.1, 0.15) is 5.69 Å². The maximum absolute atomic E-state index is 11.3. The maximum atomic E-state index is 11.3. The lowest BCUT2D eigenvalue weighted by molar-refractivity contribution is 0.0988. The van der Waals surface area contributed by atoms with Crippen molar-refractivity contribution in [2.75, 3.05) is 13.6 Å². The first-order chi connectivity index (χ1) is 5.66. The molecule has 0 fully saturated rings. The van der Waals surface area contributed by atoms with Crippen LogP contribution < -0.4 is 5.32 Å². The lowest BCUT2D eigenvalue weighted by Crippen LogP contribution is -2.19. The molecule has 0 aliphatic carbocycles. The second-order valence-corrected chi connectivity index (χ2v) is 2.74. The van der Waals surface area contributed by atoms with Crippen LogP contribution in [-0.2, 0) is 7.05 Å². The van der Waals surface area contributed by atoms with Crippen LogP contribution in [0.2, 0.25) is 0 Å². The summed E-state index contributed by atoms with van der Waals surface area (Å²) >= 11 is 0. The van der Waals surface area contributed by atoms with Crippen molar-refractivity contribution in [3.63, 3.8) is 0 Å². The fraction of sp³-hybridized carbons (Fsp3) is 0.500. The summed E-state index contributed by atoms with van der Waals surface area (Å²) in [5.74, 6) is 0.0376. The van der Waals surface area contributed by atoms with Crippen LogP contribution in [-0.4, -0.2) is 28.9 Å². The van der Waals surface area contributed by atoms with E-state index in [2.05, 4.69) is 10.3 Å². The Kier molecular flexibility index (Phi) is 2.60. The maximum Gasteiger partial charge on any atom is 0.196 e. The Labute approximate surface area is 71.6 Å². The molecule has 1 aromatic rings. The van der Waals surface area contributed by atoms with Gasteiger partial charge in [0.15, 0.2) is 5.78 Å². The van der Waals surface area contributed by atoms with E-state index in [9.17, 15) is 4.79 Å². The van der Waals surface area contributed by atoms with E-state index in [4.69, 9.17) is 0 Å². The third kappa shape index (κ3) is 1.53. The number of aryl methyl sites for hydroxylation is 1. The summed E-state index contributed by atoms with van der Waals surface area (Å²) in [5, 5.41) is 2.80. The molecular formula is C8H13N3O. The Morgan fingerprint density at radius 3 is 2.83 bits per heavy atom. The number of aromatic nitrogens is 2. The monoisotopic (exact) mass is 167 g/mol. The number of rotatable bonds is 3. The Morgan fingerprint density at radius 2 is 2.42 bits per heavy atom. The summed E-state index contributed by atoms with van der Waals surface area (Å²) in [7, 11) is 3.62. The summed E-state index contributed by atoms with van der Waals surface area (Å²) in [5.41, 5.74) is 1.47. The normalized spacial score (nSPS) is 10.2. The number of Topliss-reactive ketones (excluding diaryl/α,β-unsaturated/α-hetero) is 1. The fourth-order valence-electron chi connectivity index (χ4n) is 1.01. The molecule has 1 N–H and O–H groups in total. The summed E-state index contributed by atoms with van der Waals surface area (Å²) in [6, 6.07) is 0. The number of imidazole rings is 1. The lowest BCUT2D eigenvalue weighted by atomic mass is 10.2. The van der Waals surface area contributed by atoms with E-state index in [1.807, 2.05) is 18.5 Å². The number of hydrogen-bond acceptors (Lipinski definition) is 3. The summed E-state index contributed by atoms with van der Waals surface area (Å²) in [6.07, 6.45) is 1.65. The highest BCUT2D eigenvalue weighted by atomic mass is 16.1. The second kappa shape index (κ2) is 3.49. The molecule has 0 unspecified atom stereocenters. The van der Waals surface area contributed by atoms with Crippen molar-refractivity contribution in [1.29, 1.82) is 0 Å². The van der Waals surface area contributed by atoms with E-state index in [0.29, 0.717) is 12.2 Å². The van der Waals surface area contributed by atoms with Gasteiger partial charge in [-0.1, -0.05) is 0 Å². The zero-order valence-electron chi connectivity index (χ0n) is 7.59. The Hall–Kier alpha value is -1.16. The number of hydrogen-bond donors (Lipinski definition) is 1. The molecule has 1 rings (SSSR count). The summed E-state index contributed by atoms with van der Waals surface area (Å²) in [6.45, 7) is 2.23. The molecule has 4 nitrogen and oxygen atoms in total. The van der Waals surface area contributed by atoms with E-state index < -0.39 is 0 Å². The quantitative estimate of drug-likeness (QED) is 0.651. The minimum absolute atomic E-state index is 0.0376. The van der Waals surface area contributed by atoms with Crippen LogP contribution >= 0.6 is 0 Å². The molecule has 1 heterocycles. The van der Waals surface area contributed by atoms with Crippen LogP contribution in [0.25, 0.3) is 0 Å². The molecule has 0 aliphatic rings. The molecule has 0 bridgehead atoms. The van der Waals surface area contributed by atoms with Gasteiger partial charge in [-0.05, 0) is 14.0 Å². The predicted octanol–water partition coefficient (Wildman–Crippen LogP) is 0.131. The zero-order chi connectivity index (χ0) is 9.14. The van der Waals surface area contributed by atoms with Crippen molar-refractivity contribution in [2.45, 2.75) is 6.92 Å². The standard InChI is InChI=1S/C8H13N3O/c1-6-8(7(12)4-9-2)10-5-11(6)3/h5,9H,4H2,1-3H3. The van der Waals surface area contributed by atoms with Gasteiger partial charge < -0.3 is 9.88 Å². The second-order valence-electron chi connectivity index (χ2n) is 2.74. The van der Waals surface area contributed by atoms with E-state index in [1.54, 1.807) is 13.4 Å². The molecule has 0 saturated carbocycles. The van der Waals surface area contributed by atoms with Gasteiger partial charge >= 0.3 is 0 Å². The number of carbonyl (C=O) groups excluding carboxylic acids is 1. The van der Waals surface area contributed by atoms with Crippen molar-refractivity contribution in [3.8, 4) is 0 Å². The van der Waals surface area contributed by atoms with Crippen molar-refractivity contribution in [3.05, 3.63) is 17.7 Å². The molecule has 66 valence electrons. The third-order valence-electron chi connectivity index (χ3n) is 1.83. The lowest BCUT2D eigenvalue weighted by Gasteiger charge is -1.98. The Morgan fingerprint density at radius 1 is 1.75 bits per heavy atom. The number of likely N-dealkylation sites (N-methyl/N-ethyl adjacent to an activating group) is 1. The van der Waals surface area contributed by atoms with Gasteiger partial charge in [0.05, 0.1) is 12.9 Å². The number of carbonyl (C=O) groups is 1. The molecule has 0 aliphatic heterocycles. The first-order valence-electron chi connectivity index (χ1n) is 3.82. The van der Waals surface area contributed by atoms with E-state index in [0.717, 1.165) is 5.69 Å². The fourth-order valence-corrected chi connectivity index (χ4v) is 1.01. The van der Waals surface area contributed by atoms with Gasteiger partial charge in [-0.2, -0.15) is 0 Å². The summed E-state index contributed by atoms with van der Waals surface area (Å²) < 4.78 is 1.84. The van der Waals surface area contributed by atoms with Crippen LogP contribution in [0.3, 0.4) is 0 Å². The van der Waals surface area contributed by atoms with Gasteiger partial charge in [-0.15, -0.1) is 0 Å². The molecule has 0 radical (unpaired) electrons. The Bertz CT molecular complexity index is 290. The largest absolute Gasteiger partial charge is 0.337 e. The Balaban J connectivity index is 2.88. The molecule has 0 spiro atoms. The highest BCUT2D eigenvalue weighted by molar-refractivity contribution is 5.96. The molecule has 0 saturated heterocycles. The highest BCUT2D eigenvalue weighted by Crippen LogP contribution is 2.03. The molecule has 12 heavy (non-hydrogen) atoms. The van der Waals surface area contributed by atoms with Crippen molar-refractivity contribution in [1.82, 2.24) is 14.9 Å². The van der Waals surface area contributed by atoms with Gasteiger partial charge in [-0.25, -0.2) is 4.98 Å². The van der Waals surface area contributed by atoms with Crippen LogP contribution in [0.4, 0.5) is 0 Å². The number of nitrogens with one attached hydrogen (secondary N) is 1. The van der Waals surface area contributed by atoms with Crippen LogP contribution in [0.5, 0.6) is 0 Å². The van der Waals surface area contributed by atoms with Gasteiger partial charge in [0.25, 0.3) is 0 Å². The molecule has 4 heteroatoms. The predicted molar refractivity (Wildman–Crippen MR) is 46.2 cm³/mol. The summed E-state index contributed by atoms with van der Waals surface area (Å²) in [4.78, 5) is 15.3. The highest BCUT2D eigenvalue weighted by Gasteiger charge is 2.11. The first-order valence-corrected chi connectivity index (χ1v) is 3.82. The van der Waals surface area contributed by atoms with E-state index >= 15 is 0 Å². The van der Waals surface area contributed by atoms with Crippen molar-refractivity contribution in [2.24, 2.45) is 7.05 Å². The van der Waals surface area contributed by atoms with Crippen molar-refractivity contribution < 1.29 is 4.79 Å². The van der Waals surface area contributed by atoms with Gasteiger partial charge in [0, 0.05) is 12.7 Å². The van der Waals surface area contributed by atoms with Crippen molar-refractivity contribution >= 4 is 5.78 Å². The smallest absolute Gasteiger partial charge is 0.196 e. The minimum Gasteiger partial charge on any atom is -0.337 e. The topological polar surface area (TPSA) is 46.9 Å². The number of nitrogens with zero attached hydrogens (tertiary/aromatic N) is 2. The zero-order valence-corrected chi connectivity index (χ0v) is 7.59. The average Bonchev–Trinajstić information content (AvgIpc) is 2.34. The van der Waals surface area contributed by atoms with Crippen LogP contribution in [0.15, 0.2) is 6.33 Å². The number of ketones is 1.